The third-order valence-corrected chi connectivity index (χ3v) is 3.86. The summed E-state index contributed by atoms with van der Waals surface area (Å²) in [6, 6.07) is 7.72. The van der Waals surface area contributed by atoms with Gasteiger partial charge in [0.15, 0.2) is 0 Å². The summed E-state index contributed by atoms with van der Waals surface area (Å²) < 4.78 is 0. The van der Waals surface area contributed by atoms with Gasteiger partial charge in [-0.1, -0.05) is 23.7 Å². The molecule has 0 radical (unpaired) electrons. The Morgan fingerprint density at radius 1 is 1.53 bits per heavy atom. The summed E-state index contributed by atoms with van der Waals surface area (Å²) in [5.41, 5.74) is 1.09. The number of carbonyl (C=O) groups excluding carboxylic acids is 1. The van der Waals surface area contributed by atoms with E-state index in [1.165, 1.54) is 0 Å². The zero-order chi connectivity index (χ0) is 13.7. The molecule has 1 amide bonds. The highest BCUT2D eigenvalue weighted by Crippen LogP contribution is 2.17. The molecule has 19 heavy (non-hydrogen) atoms. The molecule has 1 atom stereocenters. The van der Waals surface area contributed by atoms with Crippen molar-refractivity contribution in [3.8, 4) is 0 Å². The van der Waals surface area contributed by atoms with Gasteiger partial charge in [-0.15, -0.1) is 0 Å². The van der Waals surface area contributed by atoms with E-state index in [9.17, 15) is 4.79 Å². The van der Waals surface area contributed by atoms with E-state index in [-0.39, 0.29) is 5.91 Å². The monoisotopic (exact) mass is 280 g/mol. The Kier molecular flexibility index (Phi) is 5.23. The van der Waals surface area contributed by atoms with E-state index in [0.29, 0.717) is 18.9 Å². The molecular weight excluding hydrogens is 260 g/mol. The van der Waals surface area contributed by atoms with Gasteiger partial charge in [-0.2, -0.15) is 0 Å². The van der Waals surface area contributed by atoms with Crippen LogP contribution in [0.15, 0.2) is 24.3 Å². The molecule has 0 saturated carbocycles. The Morgan fingerprint density at radius 3 is 3.00 bits per heavy atom. The lowest BCUT2D eigenvalue weighted by Gasteiger charge is -2.22. The molecule has 1 aliphatic rings. The average Bonchev–Trinajstić information content (AvgIpc) is 2.88. The molecule has 2 rings (SSSR count). The second-order valence-corrected chi connectivity index (χ2v) is 5.54. The normalized spacial score (nSPS) is 18.5. The van der Waals surface area contributed by atoms with Crippen LogP contribution in [-0.2, 0) is 11.3 Å². The van der Waals surface area contributed by atoms with Crippen molar-refractivity contribution in [3.05, 3.63) is 34.9 Å². The van der Waals surface area contributed by atoms with E-state index < -0.39 is 0 Å². The number of nitrogens with one attached hydrogen (secondary N) is 1. The summed E-state index contributed by atoms with van der Waals surface area (Å²) in [5, 5.41) is 4.03. The van der Waals surface area contributed by atoms with E-state index in [0.717, 1.165) is 36.6 Å². The van der Waals surface area contributed by atoms with Gasteiger partial charge in [0.05, 0.1) is 0 Å². The maximum Gasteiger partial charge on any atom is 0.223 e. The highest BCUT2D eigenvalue weighted by atomic mass is 35.5. The number of benzene rings is 1. The zero-order valence-electron chi connectivity index (χ0n) is 11.4. The van der Waals surface area contributed by atoms with Crippen molar-refractivity contribution in [2.75, 3.05) is 19.6 Å². The first-order chi connectivity index (χ1) is 9.19. The van der Waals surface area contributed by atoms with E-state index in [1.54, 1.807) is 0 Å². The largest absolute Gasteiger partial charge is 0.339 e. The van der Waals surface area contributed by atoms with Gasteiger partial charge in [0.25, 0.3) is 0 Å². The van der Waals surface area contributed by atoms with Crippen molar-refractivity contribution in [1.82, 2.24) is 10.2 Å². The molecule has 1 heterocycles. The minimum Gasteiger partial charge on any atom is -0.339 e. The molecule has 0 aliphatic carbocycles. The van der Waals surface area contributed by atoms with Crippen LogP contribution in [0.2, 0.25) is 5.02 Å². The second-order valence-electron chi connectivity index (χ2n) is 5.10. The van der Waals surface area contributed by atoms with E-state index in [4.69, 9.17) is 11.6 Å². The Hall–Kier alpha value is -1.06. The molecule has 1 aromatic rings. The fraction of sp³-hybridized carbons (Fsp3) is 0.533. The van der Waals surface area contributed by atoms with Crippen molar-refractivity contribution in [3.63, 3.8) is 0 Å². The predicted octanol–water partition coefficient (Wildman–Crippen LogP) is 2.69. The molecule has 0 spiro atoms. The molecule has 1 N–H and O–H groups in total. The highest BCUT2D eigenvalue weighted by molar-refractivity contribution is 6.30. The number of halogens is 1. The van der Waals surface area contributed by atoms with Gasteiger partial charge >= 0.3 is 0 Å². The molecule has 4 heteroatoms. The maximum absolute atomic E-state index is 12.3. The maximum atomic E-state index is 12.3. The van der Waals surface area contributed by atoms with Crippen LogP contribution < -0.4 is 5.32 Å². The van der Waals surface area contributed by atoms with Crippen LogP contribution in [0.25, 0.3) is 0 Å². The smallest absolute Gasteiger partial charge is 0.223 e. The van der Waals surface area contributed by atoms with Gasteiger partial charge in [0.2, 0.25) is 5.91 Å². The number of nitrogens with zero attached hydrogens (tertiary/aromatic N) is 1. The number of rotatable bonds is 5. The summed E-state index contributed by atoms with van der Waals surface area (Å²) in [7, 11) is 0. The molecule has 1 aromatic carbocycles. The first-order valence-electron chi connectivity index (χ1n) is 6.92. The summed E-state index contributed by atoms with van der Waals surface area (Å²) in [4.78, 5) is 14.2. The number of hydrogen-bond donors (Lipinski definition) is 1. The highest BCUT2D eigenvalue weighted by Gasteiger charge is 2.21. The molecule has 0 bridgehead atoms. The fourth-order valence-corrected chi connectivity index (χ4v) is 2.71. The summed E-state index contributed by atoms with van der Waals surface area (Å²) in [6.07, 6.45) is 1.77. The summed E-state index contributed by atoms with van der Waals surface area (Å²) in [5.74, 6) is 0.747. The first-order valence-corrected chi connectivity index (χ1v) is 7.29. The Bertz CT molecular complexity index is 430. The molecule has 104 valence electrons. The molecular formula is C15H21ClN2O. The second kappa shape index (κ2) is 6.92. The van der Waals surface area contributed by atoms with Crippen molar-refractivity contribution in [2.24, 2.45) is 5.92 Å². The lowest BCUT2D eigenvalue weighted by atomic mass is 10.0. The minimum atomic E-state index is 0.246. The number of amides is 1. The predicted molar refractivity (Wildman–Crippen MR) is 78.1 cm³/mol. The summed E-state index contributed by atoms with van der Waals surface area (Å²) in [6.45, 7) is 5.43. The minimum absolute atomic E-state index is 0.246. The standard InChI is InChI=1S/C15H21ClN2O/c1-2-18(11-13-4-3-5-14(16)8-13)15(19)9-12-6-7-17-10-12/h3-5,8,12,17H,2,6-7,9-11H2,1H3. The number of hydrogen-bond acceptors (Lipinski definition) is 2. The first kappa shape index (κ1) is 14.4. The van der Waals surface area contributed by atoms with Crippen molar-refractivity contribution in [2.45, 2.75) is 26.3 Å². The fourth-order valence-electron chi connectivity index (χ4n) is 2.50. The quantitative estimate of drug-likeness (QED) is 0.899. The molecule has 1 unspecified atom stereocenters. The molecule has 1 aliphatic heterocycles. The zero-order valence-corrected chi connectivity index (χ0v) is 12.1. The van der Waals surface area contributed by atoms with Crippen LogP contribution >= 0.6 is 11.6 Å². The van der Waals surface area contributed by atoms with Gasteiger partial charge < -0.3 is 10.2 Å². The van der Waals surface area contributed by atoms with Crippen LogP contribution in [0.3, 0.4) is 0 Å². The Labute approximate surface area is 119 Å². The van der Waals surface area contributed by atoms with Crippen LogP contribution in [0.5, 0.6) is 0 Å². The topological polar surface area (TPSA) is 32.3 Å². The van der Waals surface area contributed by atoms with Gasteiger partial charge in [-0.3, -0.25) is 4.79 Å². The van der Waals surface area contributed by atoms with Gasteiger partial charge in [0, 0.05) is 24.5 Å². The average molecular weight is 281 g/mol. The van der Waals surface area contributed by atoms with Crippen LogP contribution in [-0.4, -0.2) is 30.4 Å². The molecule has 3 nitrogen and oxygen atoms in total. The van der Waals surface area contributed by atoms with Crippen LogP contribution in [0.4, 0.5) is 0 Å². The van der Waals surface area contributed by atoms with Gasteiger partial charge in [0.1, 0.15) is 0 Å². The third-order valence-electron chi connectivity index (χ3n) is 3.62. The summed E-state index contributed by atoms with van der Waals surface area (Å²) >= 11 is 5.98. The van der Waals surface area contributed by atoms with E-state index >= 15 is 0 Å². The van der Waals surface area contributed by atoms with Crippen molar-refractivity contribution in [1.29, 1.82) is 0 Å². The van der Waals surface area contributed by atoms with Crippen molar-refractivity contribution < 1.29 is 4.79 Å². The van der Waals surface area contributed by atoms with Crippen LogP contribution in [0, 0.1) is 5.92 Å². The molecule has 1 saturated heterocycles. The van der Waals surface area contributed by atoms with Gasteiger partial charge in [-0.25, -0.2) is 0 Å². The lowest BCUT2D eigenvalue weighted by molar-refractivity contribution is -0.132. The van der Waals surface area contributed by atoms with Crippen molar-refractivity contribution >= 4 is 17.5 Å². The Morgan fingerprint density at radius 2 is 2.37 bits per heavy atom. The third kappa shape index (κ3) is 4.22. The molecule has 1 fully saturated rings. The van der Waals surface area contributed by atoms with E-state index in [1.807, 2.05) is 36.1 Å². The SMILES string of the molecule is CCN(Cc1cccc(Cl)c1)C(=O)CC1CCNC1. The lowest BCUT2D eigenvalue weighted by Crippen LogP contribution is -2.32. The van der Waals surface area contributed by atoms with Crippen LogP contribution in [0.1, 0.15) is 25.3 Å². The number of carbonyl (C=O) groups is 1. The van der Waals surface area contributed by atoms with Gasteiger partial charge in [-0.05, 0) is 50.0 Å². The van der Waals surface area contributed by atoms with E-state index in [2.05, 4.69) is 5.32 Å². The molecule has 0 aromatic heterocycles. The Balaban J connectivity index is 1.93.